The number of ether oxygens (including phenoxy) is 3. The van der Waals surface area contributed by atoms with E-state index in [1.165, 1.54) is 21.3 Å². The van der Waals surface area contributed by atoms with Crippen LogP contribution in [-0.2, 0) is 6.42 Å². The van der Waals surface area contributed by atoms with Crippen LogP contribution in [0.4, 0.5) is 0 Å². The highest BCUT2D eigenvalue weighted by atomic mass is 16.5. The minimum absolute atomic E-state index is 0.0912. The first-order chi connectivity index (χ1) is 10.2. The molecule has 1 aromatic carbocycles. The highest BCUT2D eigenvalue weighted by molar-refractivity contribution is 6.01. The summed E-state index contributed by atoms with van der Waals surface area (Å²) in [5, 5.41) is 0. The van der Waals surface area contributed by atoms with Gasteiger partial charge < -0.3 is 14.2 Å². The van der Waals surface area contributed by atoms with E-state index in [-0.39, 0.29) is 12.2 Å². The lowest BCUT2D eigenvalue weighted by Crippen LogP contribution is -2.08. The molecule has 2 rings (SSSR count). The Balaban J connectivity index is 2.37. The summed E-state index contributed by atoms with van der Waals surface area (Å²) < 4.78 is 15.8. The van der Waals surface area contributed by atoms with Crippen molar-refractivity contribution in [1.29, 1.82) is 0 Å². The first-order valence-corrected chi connectivity index (χ1v) is 6.43. The molecule has 1 aromatic heterocycles. The summed E-state index contributed by atoms with van der Waals surface area (Å²) in [5.74, 6) is 1.21. The van der Waals surface area contributed by atoms with Gasteiger partial charge in [0.05, 0.1) is 33.3 Å². The smallest absolute Gasteiger partial charge is 0.204 e. The van der Waals surface area contributed by atoms with Gasteiger partial charge in [-0.05, 0) is 24.3 Å². The predicted octanol–water partition coefficient (Wildman–Crippen LogP) is 2.53. The van der Waals surface area contributed by atoms with Crippen LogP contribution in [0.5, 0.6) is 17.2 Å². The zero-order valence-electron chi connectivity index (χ0n) is 12.3. The topological polar surface area (TPSA) is 57.7 Å². The number of hydrogen-bond acceptors (Lipinski definition) is 5. The third kappa shape index (κ3) is 3.13. The Morgan fingerprint density at radius 3 is 2.33 bits per heavy atom. The van der Waals surface area contributed by atoms with Crippen molar-refractivity contribution >= 4 is 5.78 Å². The second-order valence-corrected chi connectivity index (χ2v) is 4.30. The van der Waals surface area contributed by atoms with E-state index in [2.05, 4.69) is 4.98 Å². The van der Waals surface area contributed by atoms with Gasteiger partial charge in [0.1, 0.15) is 0 Å². The van der Waals surface area contributed by atoms with Gasteiger partial charge in [-0.15, -0.1) is 0 Å². The number of ketones is 1. The molecule has 0 unspecified atom stereocenters. The van der Waals surface area contributed by atoms with Gasteiger partial charge in [0, 0.05) is 11.9 Å². The molecule has 0 fully saturated rings. The van der Waals surface area contributed by atoms with Crippen LogP contribution in [0.15, 0.2) is 36.5 Å². The number of nitrogens with zero attached hydrogens (tertiary/aromatic N) is 1. The fourth-order valence-electron chi connectivity index (χ4n) is 2.08. The van der Waals surface area contributed by atoms with Gasteiger partial charge in [-0.2, -0.15) is 0 Å². The van der Waals surface area contributed by atoms with Gasteiger partial charge in [0.2, 0.25) is 5.75 Å². The maximum Gasteiger partial charge on any atom is 0.204 e. The molecule has 1 heterocycles. The molecule has 5 heteroatoms. The number of aromatic nitrogens is 1. The van der Waals surface area contributed by atoms with Gasteiger partial charge in [-0.3, -0.25) is 9.78 Å². The molecule has 0 aliphatic rings. The van der Waals surface area contributed by atoms with Gasteiger partial charge >= 0.3 is 0 Å². The van der Waals surface area contributed by atoms with Crippen LogP contribution in [0.1, 0.15) is 16.1 Å². The van der Waals surface area contributed by atoms with Gasteiger partial charge in [-0.1, -0.05) is 6.07 Å². The lowest BCUT2D eigenvalue weighted by molar-refractivity contribution is 0.0988. The van der Waals surface area contributed by atoms with Crippen LogP contribution in [0.3, 0.4) is 0 Å². The van der Waals surface area contributed by atoms with Gasteiger partial charge in [0.15, 0.2) is 17.3 Å². The first-order valence-electron chi connectivity index (χ1n) is 6.43. The molecule has 0 N–H and O–H groups in total. The van der Waals surface area contributed by atoms with E-state index >= 15 is 0 Å². The molecular weight excluding hydrogens is 270 g/mol. The summed E-state index contributed by atoms with van der Waals surface area (Å²) in [5.41, 5.74) is 1.15. The van der Waals surface area contributed by atoms with Crippen LogP contribution >= 0.6 is 0 Å². The minimum atomic E-state index is -0.0912. The van der Waals surface area contributed by atoms with E-state index in [0.29, 0.717) is 28.5 Å². The molecule has 21 heavy (non-hydrogen) atoms. The molecule has 0 atom stereocenters. The van der Waals surface area contributed by atoms with Crippen LogP contribution < -0.4 is 14.2 Å². The third-order valence-electron chi connectivity index (χ3n) is 3.07. The number of Topliss-reactive ketones (excluding diaryl/α,β-unsaturated/α-hetero) is 1. The van der Waals surface area contributed by atoms with E-state index < -0.39 is 0 Å². The number of benzene rings is 1. The molecule has 0 spiro atoms. The van der Waals surface area contributed by atoms with Crippen molar-refractivity contribution < 1.29 is 19.0 Å². The standard InChI is InChI=1S/C16H17NO4/c1-19-14-8-7-12(15(20-2)16(14)21-3)13(18)10-11-6-4-5-9-17-11/h4-9H,10H2,1-3H3. The zero-order chi connectivity index (χ0) is 15.2. The van der Waals surface area contributed by atoms with Gasteiger partial charge in [-0.25, -0.2) is 0 Å². The molecular formula is C16H17NO4. The maximum absolute atomic E-state index is 12.4. The second-order valence-electron chi connectivity index (χ2n) is 4.30. The average Bonchev–Trinajstić information content (AvgIpc) is 2.53. The van der Waals surface area contributed by atoms with E-state index in [9.17, 15) is 4.79 Å². The minimum Gasteiger partial charge on any atom is -0.493 e. The van der Waals surface area contributed by atoms with Crippen LogP contribution in [-0.4, -0.2) is 32.1 Å². The van der Waals surface area contributed by atoms with Crippen molar-refractivity contribution in [2.24, 2.45) is 0 Å². The highest BCUT2D eigenvalue weighted by Crippen LogP contribution is 2.40. The molecule has 0 bridgehead atoms. The Bertz CT molecular complexity index is 626. The molecule has 0 aliphatic heterocycles. The van der Waals surface area contributed by atoms with Crippen molar-refractivity contribution in [2.75, 3.05) is 21.3 Å². The molecule has 0 radical (unpaired) electrons. The Kier molecular flexibility index (Phi) is 4.77. The molecule has 0 amide bonds. The summed E-state index contributed by atoms with van der Waals surface area (Å²) in [4.78, 5) is 16.6. The largest absolute Gasteiger partial charge is 0.493 e. The Morgan fingerprint density at radius 1 is 1.00 bits per heavy atom. The van der Waals surface area contributed by atoms with Crippen molar-refractivity contribution in [2.45, 2.75) is 6.42 Å². The summed E-state index contributed by atoms with van der Waals surface area (Å²) in [7, 11) is 4.54. The summed E-state index contributed by atoms with van der Waals surface area (Å²) in [6.45, 7) is 0. The second kappa shape index (κ2) is 6.74. The Morgan fingerprint density at radius 2 is 1.76 bits per heavy atom. The summed E-state index contributed by atoms with van der Waals surface area (Å²) in [6.07, 6.45) is 1.86. The van der Waals surface area contributed by atoms with E-state index in [4.69, 9.17) is 14.2 Å². The fourth-order valence-corrected chi connectivity index (χ4v) is 2.08. The van der Waals surface area contributed by atoms with Crippen molar-refractivity contribution in [3.8, 4) is 17.2 Å². The number of rotatable bonds is 6. The Hall–Kier alpha value is -2.56. The highest BCUT2D eigenvalue weighted by Gasteiger charge is 2.20. The normalized spacial score (nSPS) is 10.0. The van der Waals surface area contributed by atoms with Crippen LogP contribution in [0, 0.1) is 0 Å². The number of pyridine rings is 1. The molecule has 5 nitrogen and oxygen atoms in total. The fraction of sp³-hybridized carbons (Fsp3) is 0.250. The van der Waals surface area contributed by atoms with Crippen molar-refractivity contribution in [1.82, 2.24) is 4.98 Å². The maximum atomic E-state index is 12.4. The molecule has 2 aromatic rings. The number of hydrogen-bond donors (Lipinski definition) is 0. The predicted molar refractivity (Wildman–Crippen MR) is 78.4 cm³/mol. The van der Waals surface area contributed by atoms with E-state index in [1.54, 1.807) is 18.3 Å². The molecule has 0 saturated heterocycles. The SMILES string of the molecule is COc1ccc(C(=O)Cc2ccccn2)c(OC)c1OC. The van der Waals surface area contributed by atoms with Crippen LogP contribution in [0.25, 0.3) is 0 Å². The lowest BCUT2D eigenvalue weighted by Gasteiger charge is -2.15. The quantitative estimate of drug-likeness (QED) is 0.764. The van der Waals surface area contributed by atoms with E-state index in [0.717, 1.165) is 0 Å². The third-order valence-corrected chi connectivity index (χ3v) is 3.07. The summed E-state index contributed by atoms with van der Waals surface area (Å²) >= 11 is 0. The molecule has 0 aliphatic carbocycles. The van der Waals surface area contributed by atoms with Crippen molar-refractivity contribution in [3.63, 3.8) is 0 Å². The zero-order valence-corrected chi connectivity index (χ0v) is 12.3. The van der Waals surface area contributed by atoms with Gasteiger partial charge in [0.25, 0.3) is 0 Å². The molecule has 0 saturated carbocycles. The van der Waals surface area contributed by atoms with Crippen LogP contribution in [0.2, 0.25) is 0 Å². The monoisotopic (exact) mass is 287 g/mol. The average molecular weight is 287 g/mol. The van der Waals surface area contributed by atoms with E-state index in [1.807, 2.05) is 18.2 Å². The first kappa shape index (κ1) is 14.8. The number of carbonyl (C=O) groups excluding carboxylic acids is 1. The number of carbonyl (C=O) groups is 1. The Labute approximate surface area is 123 Å². The lowest BCUT2D eigenvalue weighted by atomic mass is 10.0. The van der Waals surface area contributed by atoms with Crippen molar-refractivity contribution in [3.05, 3.63) is 47.8 Å². The number of methoxy groups -OCH3 is 3. The summed E-state index contributed by atoms with van der Waals surface area (Å²) in [6, 6.07) is 8.83. The molecule has 110 valence electrons.